The van der Waals surface area contributed by atoms with Crippen LogP contribution in [0.15, 0.2) is 24.3 Å². The lowest BCUT2D eigenvalue weighted by Gasteiger charge is -2.34. The van der Waals surface area contributed by atoms with Gasteiger partial charge in [0.15, 0.2) is 0 Å². The van der Waals surface area contributed by atoms with Crippen molar-refractivity contribution in [3.05, 3.63) is 39.9 Å². The van der Waals surface area contributed by atoms with Crippen molar-refractivity contribution < 1.29 is 19.1 Å². The Bertz CT molecular complexity index is 895. The van der Waals surface area contributed by atoms with Crippen molar-refractivity contribution in [2.45, 2.75) is 25.3 Å². The van der Waals surface area contributed by atoms with Gasteiger partial charge in [-0.3, -0.25) is 14.5 Å². The molecule has 180 valence electrons. The molecule has 2 heterocycles. The minimum absolute atomic E-state index is 0.0556. The van der Waals surface area contributed by atoms with Crippen molar-refractivity contribution in [2.75, 3.05) is 52.9 Å². The maximum atomic E-state index is 12.6. The number of benzene rings is 1. The SMILES string of the molecule is COC(=O)NC1CCCN(CCN2CCN(C(=O)/C=C/c3ccc(Cl)c(Cl)c3)CCC2=O)C1. The summed E-state index contributed by atoms with van der Waals surface area (Å²) in [6.07, 6.45) is 4.99. The zero-order valence-electron chi connectivity index (χ0n) is 18.8. The monoisotopic (exact) mass is 496 g/mol. The number of piperidine rings is 1. The number of alkyl carbamates (subject to hydrolysis) is 1. The third-order valence-corrected chi connectivity index (χ3v) is 6.70. The van der Waals surface area contributed by atoms with Gasteiger partial charge in [0.25, 0.3) is 0 Å². The molecule has 0 aliphatic carbocycles. The summed E-state index contributed by atoms with van der Waals surface area (Å²) in [5, 5.41) is 3.75. The second-order valence-corrected chi connectivity index (χ2v) is 9.05. The van der Waals surface area contributed by atoms with E-state index in [0.29, 0.717) is 42.6 Å². The number of likely N-dealkylation sites (tertiary alicyclic amines) is 1. The summed E-state index contributed by atoms with van der Waals surface area (Å²) in [4.78, 5) is 42.5. The first kappa shape index (κ1) is 25.3. The summed E-state index contributed by atoms with van der Waals surface area (Å²) in [6, 6.07) is 5.23. The molecule has 0 bridgehead atoms. The Hall–Kier alpha value is -2.29. The molecule has 8 nitrogen and oxygen atoms in total. The molecule has 10 heteroatoms. The quantitative estimate of drug-likeness (QED) is 0.612. The maximum Gasteiger partial charge on any atom is 0.407 e. The standard InChI is InChI=1S/C23H30Cl2N4O4/c1-33-23(32)26-18-3-2-9-27(16-18)11-12-29-14-13-28(10-8-22(29)31)21(30)7-5-17-4-6-19(24)20(25)15-17/h4-7,15,18H,2-3,8-14,16H2,1H3,(H,26,32)/b7-5+. The van der Waals surface area contributed by atoms with Gasteiger partial charge in [-0.1, -0.05) is 29.3 Å². The van der Waals surface area contributed by atoms with Crippen LogP contribution in [0.25, 0.3) is 6.08 Å². The van der Waals surface area contributed by atoms with Gasteiger partial charge in [0, 0.05) is 57.8 Å². The molecule has 2 aliphatic rings. The van der Waals surface area contributed by atoms with E-state index >= 15 is 0 Å². The van der Waals surface area contributed by atoms with Gasteiger partial charge in [-0.05, 0) is 43.2 Å². The summed E-state index contributed by atoms with van der Waals surface area (Å²) in [5.41, 5.74) is 0.784. The van der Waals surface area contributed by atoms with E-state index in [4.69, 9.17) is 23.2 Å². The number of amides is 3. The molecule has 33 heavy (non-hydrogen) atoms. The summed E-state index contributed by atoms with van der Waals surface area (Å²) >= 11 is 11.9. The van der Waals surface area contributed by atoms with Crippen LogP contribution in [0.2, 0.25) is 10.0 Å². The molecule has 1 atom stereocenters. The fraction of sp³-hybridized carbons (Fsp3) is 0.522. The normalized spacial score (nSPS) is 20.1. The van der Waals surface area contributed by atoms with Crippen LogP contribution in [0.5, 0.6) is 0 Å². The molecule has 1 N–H and O–H groups in total. The van der Waals surface area contributed by atoms with Gasteiger partial charge in [-0.2, -0.15) is 0 Å². The second-order valence-electron chi connectivity index (χ2n) is 8.24. The van der Waals surface area contributed by atoms with Gasteiger partial charge in [0.2, 0.25) is 11.8 Å². The number of nitrogens with one attached hydrogen (secondary N) is 1. The molecule has 2 saturated heterocycles. The van der Waals surface area contributed by atoms with E-state index in [1.54, 1.807) is 29.2 Å². The topological polar surface area (TPSA) is 82.2 Å². The summed E-state index contributed by atoms with van der Waals surface area (Å²) in [5.74, 6) is -0.0801. The minimum Gasteiger partial charge on any atom is -0.453 e. The average molecular weight is 497 g/mol. The number of carbonyl (C=O) groups excluding carboxylic acids is 3. The summed E-state index contributed by atoms with van der Waals surface area (Å²) in [6.45, 7) is 4.40. The lowest BCUT2D eigenvalue weighted by Crippen LogP contribution is -2.49. The Kier molecular flexibility index (Phi) is 9.41. The highest BCUT2D eigenvalue weighted by molar-refractivity contribution is 6.42. The molecular weight excluding hydrogens is 467 g/mol. The summed E-state index contributed by atoms with van der Waals surface area (Å²) < 4.78 is 4.68. The smallest absolute Gasteiger partial charge is 0.407 e. The number of hydrogen-bond donors (Lipinski definition) is 1. The Morgan fingerprint density at radius 2 is 1.97 bits per heavy atom. The Balaban J connectivity index is 1.48. The lowest BCUT2D eigenvalue weighted by atomic mass is 10.1. The van der Waals surface area contributed by atoms with E-state index in [0.717, 1.165) is 38.0 Å². The first-order chi connectivity index (χ1) is 15.9. The zero-order valence-corrected chi connectivity index (χ0v) is 20.3. The van der Waals surface area contributed by atoms with Crippen LogP contribution < -0.4 is 5.32 Å². The maximum absolute atomic E-state index is 12.6. The van der Waals surface area contributed by atoms with Crippen molar-refractivity contribution in [3.8, 4) is 0 Å². The molecule has 0 radical (unpaired) electrons. The lowest BCUT2D eigenvalue weighted by molar-refractivity contribution is -0.130. The van der Waals surface area contributed by atoms with Crippen molar-refractivity contribution in [2.24, 2.45) is 0 Å². The average Bonchev–Trinajstić information content (AvgIpc) is 2.99. The highest BCUT2D eigenvalue weighted by Gasteiger charge is 2.25. The van der Waals surface area contributed by atoms with Crippen LogP contribution in [0, 0.1) is 0 Å². The molecule has 2 fully saturated rings. The number of methoxy groups -OCH3 is 1. The highest BCUT2D eigenvalue weighted by Crippen LogP contribution is 2.23. The fourth-order valence-electron chi connectivity index (χ4n) is 4.08. The van der Waals surface area contributed by atoms with Crippen molar-refractivity contribution in [3.63, 3.8) is 0 Å². The largest absolute Gasteiger partial charge is 0.453 e. The molecule has 0 saturated carbocycles. The van der Waals surface area contributed by atoms with Crippen LogP contribution in [0.3, 0.4) is 0 Å². The molecule has 0 spiro atoms. The third-order valence-electron chi connectivity index (χ3n) is 5.96. The summed E-state index contributed by atoms with van der Waals surface area (Å²) in [7, 11) is 1.36. The van der Waals surface area contributed by atoms with Crippen LogP contribution in [-0.4, -0.2) is 91.6 Å². The van der Waals surface area contributed by atoms with Gasteiger partial charge in [-0.25, -0.2) is 4.79 Å². The van der Waals surface area contributed by atoms with E-state index < -0.39 is 6.09 Å². The predicted molar refractivity (Wildman–Crippen MR) is 128 cm³/mol. The Morgan fingerprint density at radius 1 is 1.15 bits per heavy atom. The number of nitrogens with zero attached hydrogens (tertiary/aromatic N) is 3. The Morgan fingerprint density at radius 3 is 2.73 bits per heavy atom. The van der Waals surface area contributed by atoms with Crippen LogP contribution in [0.1, 0.15) is 24.8 Å². The van der Waals surface area contributed by atoms with Crippen molar-refractivity contribution in [1.82, 2.24) is 20.0 Å². The van der Waals surface area contributed by atoms with Crippen molar-refractivity contribution in [1.29, 1.82) is 0 Å². The van der Waals surface area contributed by atoms with E-state index in [1.165, 1.54) is 13.2 Å². The minimum atomic E-state index is -0.414. The molecule has 3 rings (SSSR count). The van der Waals surface area contributed by atoms with Crippen LogP contribution in [-0.2, 0) is 14.3 Å². The van der Waals surface area contributed by atoms with Crippen molar-refractivity contribution >= 4 is 47.2 Å². The molecule has 0 aromatic heterocycles. The first-order valence-corrected chi connectivity index (χ1v) is 11.9. The van der Waals surface area contributed by atoms with Gasteiger partial charge < -0.3 is 19.9 Å². The highest BCUT2D eigenvalue weighted by atomic mass is 35.5. The van der Waals surface area contributed by atoms with Gasteiger partial charge in [0.1, 0.15) is 0 Å². The Labute approximate surface area is 204 Å². The number of rotatable bonds is 6. The fourth-order valence-corrected chi connectivity index (χ4v) is 4.38. The number of ether oxygens (including phenoxy) is 1. The van der Waals surface area contributed by atoms with E-state index in [2.05, 4.69) is 15.0 Å². The number of halogens is 2. The van der Waals surface area contributed by atoms with E-state index in [1.807, 2.05) is 4.90 Å². The molecule has 1 unspecified atom stereocenters. The van der Waals surface area contributed by atoms with E-state index in [-0.39, 0.29) is 17.9 Å². The van der Waals surface area contributed by atoms with Gasteiger partial charge in [-0.15, -0.1) is 0 Å². The molecule has 2 aliphatic heterocycles. The first-order valence-electron chi connectivity index (χ1n) is 11.1. The second kappa shape index (κ2) is 12.3. The molecule has 3 amide bonds. The predicted octanol–water partition coefficient (Wildman–Crippen LogP) is 2.89. The number of carbonyl (C=O) groups is 3. The molecule has 1 aromatic carbocycles. The molecule has 1 aromatic rings. The van der Waals surface area contributed by atoms with Gasteiger partial charge in [0.05, 0.1) is 17.2 Å². The van der Waals surface area contributed by atoms with E-state index in [9.17, 15) is 14.4 Å². The van der Waals surface area contributed by atoms with Crippen LogP contribution >= 0.6 is 23.2 Å². The van der Waals surface area contributed by atoms with Crippen LogP contribution in [0.4, 0.5) is 4.79 Å². The third kappa shape index (κ3) is 7.62. The zero-order chi connectivity index (χ0) is 23.8. The van der Waals surface area contributed by atoms with Gasteiger partial charge >= 0.3 is 6.09 Å². The molecular formula is C23H30Cl2N4O4. The number of hydrogen-bond acceptors (Lipinski definition) is 5.